The fourth-order valence-corrected chi connectivity index (χ4v) is 3.48. The normalized spacial score (nSPS) is 12.8. The number of methoxy groups -OCH3 is 2. The number of aromatic nitrogens is 1. The van der Waals surface area contributed by atoms with Crippen LogP contribution in [-0.2, 0) is 4.74 Å². The van der Waals surface area contributed by atoms with Crippen LogP contribution >= 0.6 is 0 Å². The van der Waals surface area contributed by atoms with Crippen LogP contribution < -0.4 is 25.4 Å². The van der Waals surface area contributed by atoms with Gasteiger partial charge in [-0.15, -0.1) is 0 Å². The molecule has 178 valence electrons. The van der Waals surface area contributed by atoms with Gasteiger partial charge in [-0.2, -0.15) is 0 Å². The molecule has 0 spiro atoms. The zero-order chi connectivity index (χ0) is 24.1. The summed E-state index contributed by atoms with van der Waals surface area (Å²) in [7, 11) is 3.09. The minimum atomic E-state index is -0.277. The average Bonchev–Trinajstić information content (AvgIpc) is 3.64. The maximum absolute atomic E-state index is 12.7. The summed E-state index contributed by atoms with van der Waals surface area (Å²) in [5.74, 6) is 1.29. The van der Waals surface area contributed by atoms with Gasteiger partial charge in [-0.25, -0.2) is 4.79 Å². The van der Waals surface area contributed by atoms with Crippen molar-refractivity contribution in [1.82, 2.24) is 15.6 Å². The molecule has 1 fully saturated rings. The summed E-state index contributed by atoms with van der Waals surface area (Å²) >= 11 is 0. The van der Waals surface area contributed by atoms with Gasteiger partial charge in [0.05, 0.1) is 24.8 Å². The van der Waals surface area contributed by atoms with E-state index in [1.165, 1.54) is 7.11 Å². The Kier molecular flexibility index (Phi) is 7.12. The van der Waals surface area contributed by atoms with E-state index in [1.54, 1.807) is 43.6 Å². The molecule has 3 aromatic rings. The molecule has 0 unspecified atom stereocenters. The number of rotatable bonds is 9. The van der Waals surface area contributed by atoms with E-state index < -0.39 is 0 Å². The first-order valence-corrected chi connectivity index (χ1v) is 11.1. The predicted octanol–water partition coefficient (Wildman–Crippen LogP) is 4.00. The lowest BCUT2D eigenvalue weighted by molar-refractivity contribution is 0.0934. The van der Waals surface area contributed by atoms with Crippen molar-refractivity contribution in [2.24, 2.45) is 0 Å². The highest BCUT2D eigenvalue weighted by atomic mass is 16.5. The Bertz CT molecular complexity index is 1210. The quantitative estimate of drug-likeness (QED) is 0.413. The second kappa shape index (κ2) is 10.4. The van der Waals surface area contributed by atoms with Gasteiger partial charge in [-0.05, 0) is 55.7 Å². The highest BCUT2D eigenvalue weighted by Gasteiger charge is 2.23. The summed E-state index contributed by atoms with van der Waals surface area (Å²) in [6.45, 7) is 2.69. The number of aryl methyl sites for hydroxylation is 1. The Labute approximate surface area is 197 Å². The Balaban J connectivity index is 1.57. The molecule has 1 aliphatic carbocycles. The van der Waals surface area contributed by atoms with Crippen LogP contribution in [0.3, 0.4) is 0 Å². The van der Waals surface area contributed by atoms with Gasteiger partial charge in [0.15, 0.2) is 0 Å². The summed E-state index contributed by atoms with van der Waals surface area (Å²) < 4.78 is 16.6. The Morgan fingerprint density at radius 3 is 2.62 bits per heavy atom. The molecule has 0 bridgehead atoms. The number of fused-ring (bicyclic) bond motifs is 1. The van der Waals surface area contributed by atoms with Crippen LogP contribution in [-0.4, -0.2) is 50.3 Å². The maximum atomic E-state index is 12.7. The number of hydrogen-bond donors (Lipinski definition) is 3. The number of carbonyl (C=O) groups excluding carboxylic acids is 2. The lowest BCUT2D eigenvalue weighted by Crippen LogP contribution is -2.30. The maximum Gasteiger partial charge on any atom is 0.319 e. The Morgan fingerprint density at radius 2 is 1.91 bits per heavy atom. The SMILES string of the molecule is COCCNC(=O)c1cc2c(Oc3ccc(NC(=O)NC4CC4)c(C)c3)ccnc2cc1OC. The lowest BCUT2D eigenvalue weighted by Gasteiger charge is -2.14. The smallest absolute Gasteiger partial charge is 0.319 e. The minimum Gasteiger partial charge on any atom is -0.496 e. The van der Waals surface area contributed by atoms with Gasteiger partial charge in [-0.3, -0.25) is 9.78 Å². The topological polar surface area (TPSA) is 111 Å². The number of amides is 3. The van der Waals surface area contributed by atoms with Crippen molar-refractivity contribution in [3.8, 4) is 17.2 Å². The van der Waals surface area contributed by atoms with Gasteiger partial charge in [0.25, 0.3) is 5.91 Å². The molecule has 34 heavy (non-hydrogen) atoms. The van der Waals surface area contributed by atoms with Crippen molar-refractivity contribution in [1.29, 1.82) is 0 Å². The monoisotopic (exact) mass is 464 g/mol. The largest absolute Gasteiger partial charge is 0.496 e. The molecule has 9 heteroatoms. The number of urea groups is 1. The first-order valence-electron chi connectivity index (χ1n) is 11.1. The van der Waals surface area contributed by atoms with Crippen molar-refractivity contribution in [2.75, 3.05) is 32.7 Å². The average molecular weight is 465 g/mol. The van der Waals surface area contributed by atoms with Crippen LogP contribution in [0, 0.1) is 6.92 Å². The van der Waals surface area contributed by atoms with Gasteiger partial charge in [0.2, 0.25) is 0 Å². The van der Waals surface area contributed by atoms with Crippen LogP contribution in [0.2, 0.25) is 0 Å². The van der Waals surface area contributed by atoms with E-state index >= 15 is 0 Å². The standard InChI is InChI=1S/C25H28N4O5/c1-15-12-17(6-7-20(15)29-25(31)28-16-4-5-16)34-22-8-9-26-21-14-23(33-3)19(13-18(21)22)24(30)27-10-11-32-2/h6-9,12-14,16H,4-5,10-11H2,1-3H3,(H,27,30)(H2,28,29,31). The fourth-order valence-electron chi connectivity index (χ4n) is 3.48. The lowest BCUT2D eigenvalue weighted by atomic mass is 10.1. The molecule has 3 amide bonds. The molecule has 2 aromatic carbocycles. The number of nitrogens with zero attached hydrogens (tertiary/aromatic N) is 1. The molecule has 1 aromatic heterocycles. The summed E-state index contributed by atoms with van der Waals surface area (Å²) in [4.78, 5) is 29.2. The number of ether oxygens (including phenoxy) is 3. The van der Waals surface area contributed by atoms with Crippen molar-refractivity contribution in [3.05, 3.63) is 53.7 Å². The second-order valence-corrected chi connectivity index (χ2v) is 8.08. The number of nitrogens with one attached hydrogen (secondary N) is 3. The minimum absolute atomic E-state index is 0.204. The third-order valence-electron chi connectivity index (χ3n) is 5.45. The highest BCUT2D eigenvalue weighted by Crippen LogP contribution is 2.34. The zero-order valence-corrected chi connectivity index (χ0v) is 19.4. The molecule has 0 radical (unpaired) electrons. The van der Waals surface area contributed by atoms with E-state index in [0.29, 0.717) is 52.6 Å². The van der Waals surface area contributed by atoms with Gasteiger partial charge in [0.1, 0.15) is 17.2 Å². The van der Waals surface area contributed by atoms with Crippen LogP contribution in [0.1, 0.15) is 28.8 Å². The first kappa shape index (κ1) is 23.3. The summed E-state index contributed by atoms with van der Waals surface area (Å²) in [6, 6.07) is 10.7. The number of hydrogen-bond acceptors (Lipinski definition) is 6. The van der Waals surface area contributed by atoms with Crippen LogP contribution in [0.5, 0.6) is 17.2 Å². The molecule has 4 rings (SSSR count). The third kappa shape index (κ3) is 5.55. The Morgan fingerprint density at radius 1 is 1.09 bits per heavy atom. The van der Waals surface area contributed by atoms with Crippen LogP contribution in [0.15, 0.2) is 42.6 Å². The third-order valence-corrected chi connectivity index (χ3v) is 5.45. The number of benzene rings is 2. The van der Waals surface area contributed by atoms with E-state index in [-0.39, 0.29) is 18.0 Å². The van der Waals surface area contributed by atoms with Crippen LogP contribution in [0.4, 0.5) is 10.5 Å². The molecule has 0 aliphatic heterocycles. The number of pyridine rings is 1. The molecule has 1 heterocycles. The number of carbonyl (C=O) groups is 2. The molecule has 9 nitrogen and oxygen atoms in total. The number of anilines is 1. The van der Waals surface area contributed by atoms with Gasteiger partial charge in [0, 0.05) is 43.0 Å². The summed E-state index contributed by atoms with van der Waals surface area (Å²) in [6.07, 6.45) is 3.70. The van der Waals surface area contributed by atoms with E-state index in [4.69, 9.17) is 14.2 Å². The molecule has 0 saturated heterocycles. The molecule has 0 atom stereocenters. The van der Waals surface area contributed by atoms with Crippen molar-refractivity contribution >= 4 is 28.5 Å². The van der Waals surface area contributed by atoms with E-state index in [2.05, 4.69) is 20.9 Å². The molecule has 1 aliphatic rings. The first-order chi connectivity index (χ1) is 16.5. The van der Waals surface area contributed by atoms with Crippen molar-refractivity contribution in [3.63, 3.8) is 0 Å². The molecule has 3 N–H and O–H groups in total. The fraction of sp³-hybridized carbons (Fsp3) is 0.320. The van der Waals surface area contributed by atoms with Gasteiger partial charge in [-0.1, -0.05) is 0 Å². The van der Waals surface area contributed by atoms with E-state index in [1.807, 2.05) is 13.0 Å². The Hall–Kier alpha value is -3.85. The molecule has 1 saturated carbocycles. The second-order valence-electron chi connectivity index (χ2n) is 8.08. The zero-order valence-electron chi connectivity index (χ0n) is 19.4. The van der Waals surface area contributed by atoms with Crippen molar-refractivity contribution in [2.45, 2.75) is 25.8 Å². The van der Waals surface area contributed by atoms with Gasteiger partial charge >= 0.3 is 6.03 Å². The predicted molar refractivity (Wildman–Crippen MR) is 129 cm³/mol. The summed E-state index contributed by atoms with van der Waals surface area (Å²) in [5.41, 5.74) is 2.59. The van der Waals surface area contributed by atoms with Gasteiger partial charge < -0.3 is 30.2 Å². The van der Waals surface area contributed by atoms with Crippen LogP contribution in [0.25, 0.3) is 10.9 Å². The molecular weight excluding hydrogens is 436 g/mol. The summed E-state index contributed by atoms with van der Waals surface area (Å²) in [5, 5.41) is 9.26. The molecular formula is C25H28N4O5. The highest BCUT2D eigenvalue weighted by molar-refractivity contribution is 6.02. The van der Waals surface area contributed by atoms with E-state index in [9.17, 15) is 9.59 Å². The van der Waals surface area contributed by atoms with Crippen molar-refractivity contribution < 1.29 is 23.8 Å². The van der Waals surface area contributed by atoms with E-state index in [0.717, 1.165) is 18.4 Å².